The van der Waals surface area contributed by atoms with E-state index in [0.29, 0.717) is 16.6 Å². The van der Waals surface area contributed by atoms with Crippen LogP contribution in [0, 0.1) is 5.92 Å². The predicted octanol–water partition coefficient (Wildman–Crippen LogP) is 2.45. The quantitative estimate of drug-likeness (QED) is 0.754. The van der Waals surface area contributed by atoms with Gasteiger partial charge in [0.15, 0.2) is 0 Å². The monoisotopic (exact) mass is 414 g/mol. The molecular formula is C19H25F3N4O3. The molecule has 0 aliphatic rings. The molecule has 7 nitrogen and oxygen atoms in total. The molecule has 2 aromatic rings. The topological polar surface area (TPSA) is 86.0 Å². The summed E-state index contributed by atoms with van der Waals surface area (Å²) in [4.78, 5) is 40.7. The van der Waals surface area contributed by atoms with Gasteiger partial charge in [-0.3, -0.25) is 18.7 Å². The molecule has 1 N–H and O–H groups in total. The number of nitrogens with one attached hydrogen (secondary N) is 1. The number of halogens is 3. The van der Waals surface area contributed by atoms with Gasteiger partial charge in [0.1, 0.15) is 17.9 Å². The summed E-state index contributed by atoms with van der Waals surface area (Å²) in [6.07, 6.45) is -1.98. The molecule has 29 heavy (non-hydrogen) atoms. The molecular weight excluding hydrogens is 389 g/mol. The van der Waals surface area contributed by atoms with Crippen LogP contribution in [0.3, 0.4) is 0 Å². The minimum Gasteiger partial charge on any atom is -0.352 e. The van der Waals surface area contributed by atoms with Gasteiger partial charge >= 0.3 is 11.9 Å². The third-order valence-electron chi connectivity index (χ3n) is 4.60. The van der Waals surface area contributed by atoms with Crippen molar-refractivity contribution in [1.82, 2.24) is 19.4 Å². The van der Waals surface area contributed by atoms with E-state index in [2.05, 4.69) is 24.1 Å². The van der Waals surface area contributed by atoms with E-state index in [-0.39, 0.29) is 17.1 Å². The Balaban J connectivity index is 2.27. The van der Waals surface area contributed by atoms with Crippen molar-refractivity contribution in [2.75, 3.05) is 0 Å². The summed E-state index contributed by atoms with van der Waals surface area (Å²) >= 11 is 0. The molecule has 0 spiro atoms. The lowest BCUT2D eigenvalue weighted by atomic mass is 10.0. The average Bonchev–Trinajstić information content (AvgIpc) is 2.61. The molecule has 2 rings (SSSR count). The van der Waals surface area contributed by atoms with Crippen LogP contribution in [0.5, 0.6) is 0 Å². The van der Waals surface area contributed by atoms with Gasteiger partial charge in [-0.1, -0.05) is 26.7 Å². The molecule has 10 heteroatoms. The van der Waals surface area contributed by atoms with E-state index in [1.54, 1.807) is 0 Å². The first-order valence-electron chi connectivity index (χ1n) is 9.39. The minimum atomic E-state index is -4.70. The molecule has 160 valence electrons. The van der Waals surface area contributed by atoms with Crippen molar-refractivity contribution in [2.24, 2.45) is 13.0 Å². The molecule has 1 atom stereocenters. The van der Waals surface area contributed by atoms with Gasteiger partial charge in [0.05, 0.1) is 5.39 Å². The van der Waals surface area contributed by atoms with E-state index in [1.807, 2.05) is 6.92 Å². The Morgan fingerprint density at radius 1 is 1.17 bits per heavy atom. The number of hydrogen-bond acceptors (Lipinski definition) is 4. The summed E-state index contributed by atoms with van der Waals surface area (Å²) in [5.74, 6) is 0.0454. The third kappa shape index (κ3) is 5.45. The molecule has 0 aliphatic heterocycles. The first-order valence-corrected chi connectivity index (χ1v) is 9.39. The van der Waals surface area contributed by atoms with Crippen LogP contribution in [-0.2, 0) is 24.6 Å². The number of rotatable bonds is 7. The first-order chi connectivity index (χ1) is 13.4. The average molecular weight is 414 g/mol. The van der Waals surface area contributed by atoms with Gasteiger partial charge in [-0.05, 0) is 31.4 Å². The second kappa shape index (κ2) is 8.79. The smallest absolute Gasteiger partial charge is 0.352 e. The van der Waals surface area contributed by atoms with Crippen LogP contribution in [0.25, 0.3) is 11.0 Å². The fourth-order valence-electron chi connectivity index (χ4n) is 3.04. The maximum absolute atomic E-state index is 12.9. The predicted molar refractivity (Wildman–Crippen MR) is 103 cm³/mol. The Morgan fingerprint density at radius 2 is 1.83 bits per heavy atom. The van der Waals surface area contributed by atoms with Gasteiger partial charge in [-0.15, -0.1) is 0 Å². The fraction of sp³-hybridized carbons (Fsp3) is 0.579. The number of pyridine rings is 1. The van der Waals surface area contributed by atoms with Crippen LogP contribution in [0.4, 0.5) is 13.2 Å². The zero-order chi connectivity index (χ0) is 21.9. The summed E-state index contributed by atoms with van der Waals surface area (Å²) < 4.78 is 40.1. The maximum atomic E-state index is 12.9. The molecule has 0 bridgehead atoms. The van der Waals surface area contributed by atoms with Gasteiger partial charge in [0.2, 0.25) is 5.91 Å². The molecule has 1 unspecified atom stereocenters. The number of aromatic nitrogens is 3. The summed E-state index contributed by atoms with van der Waals surface area (Å²) in [5.41, 5.74) is -3.34. The van der Waals surface area contributed by atoms with E-state index in [9.17, 15) is 27.6 Å². The lowest BCUT2D eigenvalue weighted by Crippen LogP contribution is -2.45. The summed E-state index contributed by atoms with van der Waals surface area (Å²) in [6.45, 7) is 5.54. The number of fused-ring (bicyclic) bond motifs is 1. The zero-order valence-electron chi connectivity index (χ0n) is 16.8. The number of carbonyl (C=O) groups is 1. The molecule has 0 aromatic carbocycles. The van der Waals surface area contributed by atoms with Crippen molar-refractivity contribution in [3.8, 4) is 0 Å². The summed E-state index contributed by atoms with van der Waals surface area (Å²) in [6, 6.07) is 1.52. The first kappa shape index (κ1) is 22.6. The van der Waals surface area contributed by atoms with E-state index >= 15 is 0 Å². The van der Waals surface area contributed by atoms with Gasteiger partial charge in [-0.25, -0.2) is 9.78 Å². The molecule has 0 saturated heterocycles. The van der Waals surface area contributed by atoms with Crippen LogP contribution < -0.4 is 16.6 Å². The molecule has 0 radical (unpaired) electrons. The highest BCUT2D eigenvalue weighted by Gasteiger charge is 2.33. The van der Waals surface area contributed by atoms with Crippen LogP contribution in [-0.4, -0.2) is 26.1 Å². The Morgan fingerprint density at radius 3 is 2.41 bits per heavy atom. The van der Waals surface area contributed by atoms with Gasteiger partial charge in [0.25, 0.3) is 5.56 Å². The molecule has 1 amide bonds. The number of carbonyl (C=O) groups excluding carboxylic acids is 1. The third-order valence-corrected chi connectivity index (χ3v) is 4.60. The minimum absolute atomic E-state index is 0.128. The zero-order valence-corrected chi connectivity index (χ0v) is 16.8. The second-order valence-electron chi connectivity index (χ2n) is 7.59. The van der Waals surface area contributed by atoms with Crippen molar-refractivity contribution >= 4 is 16.9 Å². The van der Waals surface area contributed by atoms with Crippen molar-refractivity contribution in [2.45, 2.75) is 58.8 Å². The normalized spacial score (nSPS) is 13.1. The van der Waals surface area contributed by atoms with Gasteiger partial charge in [0, 0.05) is 13.1 Å². The van der Waals surface area contributed by atoms with Gasteiger partial charge in [-0.2, -0.15) is 13.2 Å². The lowest BCUT2D eigenvalue weighted by Gasteiger charge is -2.16. The van der Waals surface area contributed by atoms with Crippen LogP contribution >= 0.6 is 0 Å². The lowest BCUT2D eigenvalue weighted by molar-refractivity contribution is -0.141. The van der Waals surface area contributed by atoms with E-state index in [4.69, 9.17) is 0 Å². The number of alkyl halides is 3. The van der Waals surface area contributed by atoms with E-state index < -0.39 is 35.6 Å². The van der Waals surface area contributed by atoms with Crippen LogP contribution in [0.2, 0.25) is 0 Å². The van der Waals surface area contributed by atoms with Crippen molar-refractivity contribution in [3.63, 3.8) is 0 Å². The highest BCUT2D eigenvalue weighted by Crippen LogP contribution is 2.28. The summed E-state index contributed by atoms with van der Waals surface area (Å²) in [5, 5.41) is 2.57. The van der Waals surface area contributed by atoms with Crippen molar-refractivity contribution < 1.29 is 18.0 Å². The summed E-state index contributed by atoms with van der Waals surface area (Å²) in [7, 11) is 1.21. The highest BCUT2D eigenvalue weighted by atomic mass is 19.4. The molecule has 2 aromatic heterocycles. The number of nitrogens with zero attached hydrogens (tertiary/aromatic N) is 3. The van der Waals surface area contributed by atoms with E-state index in [1.165, 1.54) is 7.05 Å². The molecule has 0 fully saturated rings. The number of hydrogen-bond donors (Lipinski definition) is 1. The van der Waals surface area contributed by atoms with Crippen LogP contribution in [0.15, 0.2) is 21.7 Å². The SMILES string of the molecule is CC(C)CCCC(C)NC(=O)Cn1c(=O)c2ccc(C(F)(F)F)nc2n(C)c1=O. The van der Waals surface area contributed by atoms with Crippen molar-refractivity contribution in [1.29, 1.82) is 0 Å². The van der Waals surface area contributed by atoms with E-state index in [0.717, 1.165) is 29.9 Å². The Hall–Kier alpha value is -2.65. The van der Waals surface area contributed by atoms with Gasteiger partial charge < -0.3 is 5.32 Å². The largest absolute Gasteiger partial charge is 0.433 e. The molecule has 0 aliphatic carbocycles. The van der Waals surface area contributed by atoms with Crippen molar-refractivity contribution in [3.05, 3.63) is 38.7 Å². The standard InChI is InChI=1S/C19H25F3N4O3/c1-11(2)6-5-7-12(3)23-15(27)10-26-17(28)13-8-9-14(19(20,21)22)24-16(13)25(4)18(26)29/h8-9,11-12H,5-7,10H2,1-4H3,(H,23,27). The Kier molecular flexibility index (Phi) is 6.86. The molecule has 2 heterocycles. The molecule has 0 saturated carbocycles. The number of aryl methyl sites for hydroxylation is 1. The fourth-order valence-corrected chi connectivity index (χ4v) is 3.04. The number of amides is 1. The maximum Gasteiger partial charge on any atom is 0.433 e. The second-order valence-corrected chi connectivity index (χ2v) is 7.59. The van der Waals surface area contributed by atoms with Crippen LogP contribution in [0.1, 0.15) is 45.7 Å². The Bertz CT molecular complexity index is 1010. The highest BCUT2D eigenvalue weighted by molar-refractivity contribution is 5.77. The Labute approximate surface area is 165 Å².